The molecule has 0 radical (unpaired) electrons. The fourth-order valence-electron chi connectivity index (χ4n) is 3.79. The Labute approximate surface area is 182 Å². The minimum atomic E-state index is -1.83. The summed E-state index contributed by atoms with van der Waals surface area (Å²) in [6.07, 6.45) is -0.684. The van der Waals surface area contributed by atoms with E-state index in [-0.39, 0.29) is 24.4 Å². The lowest BCUT2D eigenvalue weighted by Crippen LogP contribution is -2.59. The molecular formula is C21H39NO7Si. The van der Waals surface area contributed by atoms with E-state index >= 15 is 0 Å². The summed E-state index contributed by atoms with van der Waals surface area (Å²) in [6, 6.07) is 0. The highest BCUT2D eigenvalue weighted by molar-refractivity contribution is 6.48. The van der Waals surface area contributed by atoms with E-state index in [9.17, 15) is 19.5 Å². The standard InChI is InChI=1S/C21H39NO7Si/c1-10-27-16(23)11-15(17(24)25)21(29-30(8)9)12-14(19(2,3)4)13-22(21)18(26)28-20(5,6)7/h14-15,30H,10-13H2,1-9H3,(H,24,25)/t14-,15?,21-/m0/s1. The number of carboxylic acid groups (broad SMARTS) is 1. The highest BCUT2D eigenvalue weighted by Crippen LogP contribution is 2.48. The fourth-order valence-corrected chi connectivity index (χ4v) is 4.99. The molecule has 1 N–H and O–H groups in total. The molecule has 0 aliphatic carbocycles. The summed E-state index contributed by atoms with van der Waals surface area (Å²) in [7, 11) is -1.83. The predicted molar refractivity (Wildman–Crippen MR) is 116 cm³/mol. The maximum Gasteiger partial charge on any atom is 0.412 e. The molecule has 30 heavy (non-hydrogen) atoms. The van der Waals surface area contributed by atoms with Gasteiger partial charge >= 0.3 is 18.0 Å². The van der Waals surface area contributed by atoms with Gasteiger partial charge in [-0.25, -0.2) is 4.79 Å². The van der Waals surface area contributed by atoms with Gasteiger partial charge in [-0.05, 0) is 52.1 Å². The quantitative estimate of drug-likeness (QED) is 0.471. The van der Waals surface area contributed by atoms with Crippen molar-refractivity contribution in [2.24, 2.45) is 17.3 Å². The van der Waals surface area contributed by atoms with Crippen LogP contribution < -0.4 is 0 Å². The second-order valence-corrected chi connectivity index (χ2v) is 12.6. The highest BCUT2D eigenvalue weighted by atomic mass is 28.3. The van der Waals surface area contributed by atoms with Gasteiger partial charge in [-0.15, -0.1) is 0 Å². The van der Waals surface area contributed by atoms with Crippen LogP contribution in [0.15, 0.2) is 0 Å². The molecule has 1 saturated heterocycles. The monoisotopic (exact) mass is 445 g/mol. The fraction of sp³-hybridized carbons (Fsp3) is 0.857. The zero-order chi connectivity index (χ0) is 23.5. The number of esters is 1. The van der Waals surface area contributed by atoms with Crippen LogP contribution >= 0.6 is 0 Å². The molecule has 1 heterocycles. The number of amides is 1. The average Bonchev–Trinajstić information content (AvgIpc) is 2.90. The van der Waals surface area contributed by atoms with E-state index in [2.05, 4.69) is 20.8 Å². The molecule has 1 rings (SSSR count). The zero-order valence-electron chi connectivity index (χ0n) is 19.9. The molecule has 0 saturated carbocycles. The first-order valence-corrected chi connectivity index (χ1v) is 13.4. The number of carbonyl (C=O) groups excluding carboxylic acids is 2. The SMILES string of the molecule is CCOC(=O)CC(C(=O)O)[C@@]1(O[SiH](C)C)C[C@H](C(C)(C)C)CN1C(=O)OC(C)(C)C. The lowest BCUT2D eigenvalue weighted by Gasteiger charge is -2.43. The summed E-state index contributed by atoms with van der Waals surface area (Å²) in [5.41, 5.74) is -2.41. The van der Waals surface area contributed by atoms with E-state index in [0.29, 0.717) is 13.0 Å². The van der Waals surface area contributed by atoms with Gasteiger partial charge in [-0.3, -0.25) is 14.5 Å². The normalized spacial score (nSPS) is 23.4. The molecule has 1 fully saturated rings. The lowest BCUT2D eigenvalue weighted by molar-refractivity contribution is -0.170. The largest absolute Gasteiger partial charge is 0.481 e. The first-order chi connectivity index (χ1) is 13.5. The number of hydrogen-bond acceptors (Lipinski definition) is 6. The van der Waals surface area contributed by atoms with E-state index in [1.165, 1.54) is 4.90 Å². The first kappa shape index (κ1) is 26.4. The molecule has 0 aromatic heterocycles. The summed E-state index contributed by atoms with van der Waals surface area (Å²) in [4.78, 5) is 39.2. The summed E-state index contributed by atoms with van der Waals surface area (Å²) >= 11 is 0. The van der Waals surface area contributed by atoms with Crippen molar-refractivity contribution in [2.75, 3.05) is 13.2 Å². The minimum Gasteiger partial charge on any atom is -0.481 e. The van der Waals surface area contributed by atoms with Crippen molar-refractivity contribution in [3.8, 4) is 0 Å². The van der Waals surface area contributed by atoms with Crippen LogP contribution in [0.2, 0.25) is 13.1 Å². The van der Waals surface area contributed by atoms with E-state index in [1.54, 1.807) is 27.7 Å². The highest BCUT2D eigenvalue weighted by Gasteiger charge is 2.59. The summed E-state index contributed by atoms with van der Waals surface area (Å²) in [6.45, 7) is 17.4. The number of nitrogens with zero attached hydrogens (tertiary/aromatic N) is 1. The third kappa shape index (κ3) is 6.70. The van der Waals surface area contributed by atoms with E-state index in [0.717, 1.165) is 0 Å². The maximum absolute atomic E-state index is 13.2. The van der Waals surface area contributed by atoms with E-state index < -0.39 is 44.3 Å². The van der Waals surface area contributed by atoms with Gasteiger partial charge in [-0.1, -0.05) is 20.8 Å². The van der Waals surface area contributed by atoms with Gasteiger partial charge in [0.15, 0.2) is 9.04 Å². The third-order valence-corrected chi connectivity index (χ3v) is 6.08. The van der Waals surface area contributed by atoms with Crippen molar-refractivity contribution in [3.05, 3.63) is 0 Å². The number of carboxylic acids is 1. The Kier molecular flexibility index (Phi) is 8.52. The van der Waals surface area contributed by atoms with E-state index in [4.69, 9.17) is 13.9 Å². The van der Waals surface area contributed by atoms with Crippen LogP contribution in [-0.4, -0.2) is 61.6 Å². The van der Waals surface area contributed by atoms with Crippen molar-refractivity contribution in [1.29, 1.82) is 0 Å². The molecule has 1 unspecified atom stereocenters. The predicted octanol–water partition coefficient (Wildman–Crippen LogP) is 3.64. The van der Waals surface area contributed by atoms with Gasteiger partial charge < -0.3 is 19.0 Å². The Balaban J connectivity index is 3.55. The summed E-state index contributed by atoms with van der Waals surface area (Å²) in [5.74, 6) is -3.10. The number of likely N-dealkylation sites (tertiary alicyclic amines) is 1. The molecule has 9 heteroatoms. The number of aliphatic carboxylic acids is 1. The van der Waals surface area contributed by atoms with Crippen LogP contribution in [0, 0.1) is 17.3 Å². The lowest BCUT2D eigenvalue weighted by atomic mass is 9.77. The molecule has 3 atom stereocenters. The maximum atomic E-state index is 13.2. The molecule has 1 aliphatic heterocycles. The molecule has 1 amide bonds. The second kappa shape index (κ2) is 9.68. The number of ether oxygens (including phenoxy) is 2. The smallest absolute Gasteiger partial charge is 0.412 e. The average molecular weight is 446 g/mol. The Morgan fingerprint density at radius 1 is 1.17 bits per heavy atom. The van der Waals surface area contributed by atoms with Gasteiger partial charge in [-0.2, -0.15) is 0 Å². The summed E-state index contributed by atoms with van der Waals surface area (Å²) in [5, 5.41) is 10.1. The summed E-state index contributed by atoms with van der Waals surface area (Å²) < 4.78 is 17.0. The molecule has 0 bridgehead atoms. The number of carbonyl (C=O) groups is 3. The van der Waals surface area contributed by atoms with Crippen LogP contribution in [0.5, 0.6) is 0 Å². The Hall–Kier alpha value is -1.61. The topological polar surface area (TPSA) is 102 Å². The van der Waals surface area contributed by atoms with Gasteiger partial charge in [0.2, 0.25) is 0 Å². The van der Waals surface area contributed by atoms with E-state index in [1.807, 2.05) is 13.1 Å². The van der Waals surface area contributed by atoms with Crippen LogP contribution in [0.25, 0.3) is 0 Å². The number of rotatable bonds is 7. The van der Waals surface area contributed by atoms with Crippen molar-refractivity contribution in [2.45, 2.75) is 85.7 Å². The molecule has 0 aromatic carbocycles. The zero-order valence-corrected chi connectivity index (χ0v) is 21.1. The van der Waals surface area contributed by atoms with Crippen molar-refractivity contribution in [1.82, 2.24) is 4.90 Å². The first-order valence-electron chi connectivity index (χ1n) is 10.6. The number of hydrogen-bond donors (Lipinski definition) is 1. The molecule has 174 valence electrons. The molecule has 0 aromatic rings. The van der Waals surface area contributed by atoms with Crippen LogP contribution in [0.3, 0.4) is 0 Å². The van der Waals surface area contributed by atoms with Gasteiger partial charge in [0.05, 0.1) is 13.0 Å². The third-order valence-electron chi connectivity index (χ3n) is 5.20. The minimum absolute atomic E-state index is 0.0261. The Bertz CT molecular complexity index is 638. The van der Waals surface area contributed by atoms with Crippen LogP contribution in [0.1, 0.15) is 61.3 Å². The van der Waals surface area contributed by atoms with Gasteiger partial charge in [0.1, 0.15) is 17.2 Å². The molecular weight excluding hydrogens is 406 g/mol. The van der Waals surface area contributed by atoms with Crippen molar-refractivity contribution < 1.29 is 33.4 Å². The van der Waals surface area contributed by atoms with Crippen LogP contribution in [0.4, 0.5) is 4.79 Å². The molecule has 0 spiro atoms. The van der Waals surface area contributed by atoms with Crippen LogP contribution in [-0.2, 0) is 23.5 Å². The Morgan fingerprint density at radius 2 is 1.73 bits per heavy atom. The van der Waals surface area contributed by atoms with Gasteiger partial charge in [0.25, 0.3) is 0 Å². The van der Waals surface area contributed by atoms with Crippen molar-refractivity contribution in [3.63, 3.8) is 0 Å². The second-order valence-electron chi connectivity index (χ2n) is 10.3. The van der Waals surface area contributed by atoms with Crippen molar-refractivity contribution >= 4 is 27.1 Å². The molecule has 8 nitrogen and oxygen atoms in total. The Morgan fingerprint density at radius 3 is 2.13 bits per heavy atom. The van der Waals surface area contributed by atoms with Gasteiger partial charge in [0, 0.05) is 13.0 Å². The molecule has 1 aliphatic rings.